The Kier molecular flexibility index (Phi) is 4.08. The molecule has 4 atom stereocenters. The minimum absolute atomic E-state index is 0.126. The summed E-state index contributed by atoms with van der Waals surface area (Å²) in [6, 6.07) is 0.561. The highest BCUT2D eigenvalue weighted by atomic mass is 16.5. The summed E-state index contributed by atoms with van der Waals surface area (Å²) >= 11 is 0. The van der Waals surface area contributed by atoms with E-state index in [0.29, 0.717) is 38.3 Å². The van der Waals surface area contributed by atoms with Gasteiger partial charge in [0.25, 0.3) is 5.91 Å². The molecule has 3 aliphatic rings. The van der Waals surface area contributed by atoms with Gasteiger partial charge in [-0.05, 0) is 25.7 Å². The Bertz CT molecular complexity index is 393. The molecule has 1 saturated carbocycles. The number of carbonyl (C=O) groups is 2. The Morgan fingerprint density at radius 2 is 1.85 bits per heavy atom. The van der Waals surface area contributed by atoms with Crippen molar-refractivity contribution in [1.82, 2.24) is 10.2 Å². The lowest BCUT2D eigenvalue weighted by Crippen LogP contribution is -2.48. The van der Waals surface area contributed by atoms with E-state index in [-0.39, 0.29) is 23.7 Å². The molecule has 4 unspecified atom stereocenters. The van der Waals surface area contributed by atoms with E-state index >= 15 is 0 Å². The Balaban J connectivity index is 1.70. The van der Waals surface area contributed by atoms with Crippen molar-refractivity contribution in [1.29, 1.82) is 0 Å². The molecular weight excluding hydrogens is 256 g/mol. The average Bonchev–Trinajstić information content (AvgIpc) is 2.82. The number of fused-ring (bicyclic) bond motifs is 1. The standard InChI is InChI=1S/C15H24N2O3/c1-10-13(11-4-2-3-5-12(11)16-10)14(18)15(19)17-6-8-20-9-7-17/h10-13,16H,2-9H2,1H3. The second-order valence-corrected chi connectivity index (χ2v) is 6.30. The van der Waals surface area contributed by atoms with Crippen molar-refractivity contribution < 1.29 is 14.3 Å². The highest BCUT2D eigenvalue weighted by Gasteiger charge is 2.47. The summed E-state index contributed by atoms with van der Waals surface area (Å²) in [5, 5.41) is 3.53. The van der Waals surface area contributed by atoms with Crippen LogP contribution in [-0.2, 0) is 14.3 Å². The van der Waals surface area contributed by atoms with Gasteiger partial charge >= 0.3 is 0 Å². The van der Waals surface area contributed by atoms with E-state index in [9.17, 15) is 9.59 Å². The fraction of sp³-hybridized carbons (Fsp3) is 0.867. The minimum Gasteiger partial charge on any atom is -0.378 e. The van der Waals surface area contributed by atoms with Crippen molar-refractivity contribution in [3.8, 4) is 0 Å². The number of nitrogens with zero attached hydrogens (tertiary/aromatic N) is 1. The third kappa shape index (κ3) is 2.49. The zero-order valence-corrected chi connectivity index (χ0v) is 12.1. The van der Waals surface area contributed by atoms with E-state index in [4.69, 9.17) is 4.74 Å². The lowest BCUT2D eigenvalue weighted by molar-refractivity contribution is -0.150. The number of carbonyl (C=O) groups excluding carboxylic acids is 2. The second kappa shape index (κ2) is 5.82. The number of nitrogens with one attached hydrogen (secondary N) is 1. The lowest BCUT2D eigenvalue weighted by atomic mass is 9.76. The molecule has 2 heterocycles. The van der Waals surface area contributed by atoms with Gasteiger partial charge in [-0.1, -0.05) is 12.8 Å². The molecule has 0 radical (unpaired) electrons. The van der Waals surface area contributed by atoms with Crippen LogP contribution in [-0.4, -0.2) is 55.0 Å². The summed E-state index contributed by atoms with van der Waals surface area (Å²) < 4.78 is 5.24. The highest BCUT2D eigenvalue weighted by molar-refractivity contribution is 6.37. The van der Waals surface area contributed by atoms with E-state index in [1.165, 1.54) is 12.8 Å². The van der Waals surface area contributed by atoms with Gasteiger partial charge in [0.2, 0.25) is 5.78 Å². The van der Waals surface area contributed by atoms with Crippen LogP contribution in [0.4, 0.5) is 0 Å². The van der Waals surface area contributed by atoms with Crippen LogP contribution in [0.25, 0.3) is 0 Å². The predicted octanol–water partition coefficient (Wildman–Crippen LogP) is 0.581. The molecule has 0 spiro atoms. The monoisotopic (exact) mass is 280 g/mol. The Morgan fingerprint density at radius 3 is 2.60 bits per heavy atom. The van der Waals surface area contributed by atoms with E-state index in [1.807, 2.05) is 6.92 Å². The molecule has 0 bridgehead atoms. The lowest BCUT2D eigenvalue weighted by Gasteiger charge is -2.30. The van der Waals surface area contributed by atoms with Gasteiger partial charge in [-0.25, -0.2) is 0 Å². The molecule has 5 nitrogen and oxygen atoms in total. The van der Waals surface area contributed by atoms with Crippen LogP contribution in [0.3, 0.4) is 0 Å². The van der Waals surface area contributed by atoms with Crippen molar-refractivity contribution >= 4 is 11.7 Å². The van der Waals surface area contributed by atoms with Crippen molar-refractivity contribution in [2.24, 2.45) is 11.8 Å². The summed E-state index contributed by atoms with van der Waals surface area (Å²) in [6.45, 7) is 4.24. The molecule has 0 aromatic carbocycles. The maximum Gasteiger partial charge on any atom is 0.290 e. The van der Waals surface area contributed by atoms with Crippen LogP contribution in [0.1, 0.15) is 32.6 Å². The van der Waals surface area contributed by atoms with Gasteiger partial charge in [-0.15, -0.1) is 0 Å². The summed E-state index contributed by atoms with van der Waals surface area (Å²) in [5.74, 6) is -0.244. The van der Waals surface area contributed by atoms with E-state index < -0.39 is 0 Å². The zero-order valence-electron chi connectivity index (χ0n) is 12.1. The molecule has 1 amide bonds. The SMILES string of the molecule is CC1NC2CCCCC2C1C(=O)C(=O)N1CCOCC1. The zero-order chi connectivity index (χ0) is 14.1. The maximum absolute atomic E-state index is 12.6. The number of ether oxygens (including phenoxy) is 1. The summed E-state index contributed by atoms with van der Waals surface area (Å²) in [7, 11) is 0. The van der Waals surface area contributed by atoms with Gasteiger partial charge in [0.05, 0.1) is 13.2 Å². The topological polar surface area (TPSA) is 58.6 Å². The number of hydrogen-bond acceptors (Lipinski definition) is 4. The minimum atomic E-state index is -0.293. The summed E-state index contributed by atoms with van der Waals surface area (Å²) in [4.78, 5) is 26.7. The number of ketones is 1. The van der Waals surface area contributed by atoms with E-state index in [2.05, 4.69) is 5.32 Å². The van der Waals surface area contributed by atoms with Crippen LogP contribution in [0.15, 0.2) is 0 Å². The van der Waals surface area contributed by atoms with Crippen molar-refractivity contribution in [3.63, 3.8) is 0 Å². The fourth-order valence-corrected chi connectivity index (χ4v) is 4.09. The van der Waals surface area contributed by atoms with E-state index in [1.54, 1.807) is 4.90 Å². The third-order valence-corrected chi connectivity index (χ3v) is 5.11. The Labute approximate surface area is 120 Å². The molecule has 1 aliphatic carbocycles. The highest BCUT2D eigenvalue weighted by Crippen LogP contribution is 2.38. The first kappa shape index (κ1) is 14.0. The van der Waals surface area contributed by atoms with Crippen molar-refractivity contribution in [3.05, 3.63) is 0 Å². The molecular formula is C15H24N2O3. The first-order valence-electron chi connectivity index (χ1n) is 7.85. The molecule has 0 aromatic heterocycles. The van der Waals surface area contributed by atoms with Crippen LogP contribution in [0.5, 0.6) is 0 Å². The smallest absolute Gasteiger partial charge is 0.290 e. The quantitative estimate of drug-likeness (QED) is 0.752. The molecule has 3 rings (SSSR count). The Morgan fingerprint density at radius 1 is 1.15 bits per heavy atom. The first-order chi connectivity index (χ1) is 9.68. The van der Waals surface area contributed by atoms with Gasteiger partial charge in [0.15, 0.2) is 0 Å². The molecule has 20 heavy (non-hydrogen) atoms. The largest absolute Gasteiger partial charge is 0.378 e. The van der Waals surface area contributed by atoms with Crippen LogP contribution in [0, 0.1) is 11.8 Å². The van der Waals surface area contributed by atoms with Gasteiger partial charge in [-0.2, -0.15) is 0 Å². The molecule has 0 aromatic rings. The molecule has 3 fully saturated rings. The maximum atomic E-state index is 12.6. The van der Waals surface area contributed by atoms with Gasteiger partial charge in [0.1, 0.15) is 0 Å². The molecule has 5 heteroatoms. The normalized spacial score (nSPS) is 37.5. The molecule has 112 valence electrons. The number of rotatable bonds is 2. The van der Waals surface area contributed by atoms with Gasteiger partial charge in [-0.3, -0.25) is 9.59 Å². The van der Waals surface area contributed by atoms with Crippen molar-refractivity contribution in [2.45, 2.75) is 44.7 Å². The number of Topliss-reactive ketones (excluding diaryl/α,β-unsaturated/α-hetero) is 1. The molecule has 1 N–H and O–H groups in total. The van der Waals surface area contributed by atoms with Crippen LogP contribution >= 0.6 is 0 Å². The average molecular weight is 280 g/mol. The number of hydrogen-bond donors (Lipinski definition) is 1. The molecule has 2 saturated heterocycles. The number of morpholine rings is 1. The van der Waals surface area contributed by atoms with Crippen molar-refractivity contribution in [2.75, 3.05) is 26.3 Å². The van der Waals surface area contributed by atoms with Gasteiger partial charge in [0, 0.05) is 31.1 Å². The summed E-state index contributed by atoms with van der Waals surface area (Å²) in [6.07, 6.45) is 4.64. The summed E-state index contributed by atoms with van der Waals surface area (Å²) in [5.41, 5.74) is 0. The van der Waals surface area contributed by atoms with Crippen LogP contribution in [0.2, 0.25) is 0 Å². The number of amides is 1. The second-order valence-electron chi connectivity index (χ2n) is 6.30. The molecule has 2 aliphatic heterocycles. The first-order valence-corrected chi connectivity index (χ1v) is 7.85. The predicted molar refractivity (Wildman–Crippen MR) is 74.2 cm³/mol. The van der Waals surface area contributed by atoms with Crippen LogP contribution < -0.4 is 5.32 Å². The Hall–Kier alpha value is -0.940. The fourth-order valence-electron chi connectivity index (χ4n) is 4.09. The van der Waals surface area contributed by atoms with Gasteiger partial charge < -0.3 is 15.0 Å². The van der Waals surface area contributed by atoms with E-state index in [0.717, 1.165) is 12.8 Å². The third-order valence-electron chi connectivity index (χ3n) is 5.11.